The summed E-state index contributed by atoms with van der Waals surface area (Å²) in [7, 11) is 0. The van der Waals surface area contributed by atoms with Gasteiger partial charge in [0.05, 0.1) is 11.1 Å². The first-order valence-corrected chi connectivity index (χ1v) is 6.36. The highest BCUT2D eigenvalue weighted by Crippen LogP contribution is 2.32. The molecule has 1 atom stereocenters. The lowest BCUT2D eigenvalue weighted by molar-refractivity contribution is -0.0821. The number of pyridine rings is 1. The van der Waals surface area contributed by atoms with Crippen LogP contribution in [0.15, 0.2) is 36.5 Å². The summed E-state index contributed by atoms with van der Waals surface area (Å²) in [5, 5.41) is 21.6. The Morgan fingerprint density at radius 1 is 1.22 bits per heavy atom. The van der Waals surface area contributed by atoms with Crippen molar-refractivity contribution < 1.29 is 10.2 Å². The summed E-state index contributed by atoms with van der Waals surface area (Å²) in [5.41, 5.74) is 0.481. The van der Waals surface area contributed by atoms with Gasteiger partial charge in [-0.2, -0.15) is 0 Å². The van der Waals surface area contributed by atoms with E-state index < -0.39 is 11.7 Å². The average molecular weight is 245 g/mol. The van der Waals surface area contributed by atoms with E-state index in [2.05, 4.69) is 4.98 Å². The number of nitrogens with zero attached hydrogens (tertiary/aromatic N) is 1. The zero-order valence-corrected chi connectivity index (χ0v) is 10.8. The Hall–Kier alpha value is -1.45. The minimum atomic E-state index is -1.08. The van der Waals surface area contributed by atoms with Gasteiger partial charge in [0.1, 0.15) is 6.10 Å². The predicted molar refractivity (Wildman–Crippen MR) is 72.2 cm³/mol. The molecule has 1 heterocycles. The molecule has 0 aliphatic carbocycles. The van der Waals surface area contributed by atoms with Crippen molar-refractivity contribution in [1.29, 1.82) is 0 Å². The zero-order valence-electron chi connectivity index (χ0n) is 10.8. The molecule has 2 N–H and O–H groups in total. The topological polar surface area (TPSA) is 53.4 Å². The molecule has 1 unspecified atom stereocenters. The van der Waals surface area contributed by atoms with Crippen LogP contribution in [0.4, 0.5) is 0 Å². The summed E-state index contributed by atoms with van der Waals surface area (Å²) < 4.78 is 0. The van der Waals surface area contributed by atoms with E-state index in [1.165, 1.54) is 0 Å². The largest absolute Gasteiger partial charge is 0.387 e. The number of aliphatic hydroxyl groups is 2. The molecule has 96 valence electrons. The maximum atomic E-state index is 10.3. The molecule has 18 heavy (non-hydrogen) atoms. The summed E-state index contributed by atoms with van der Waals surface area (Å²) in [4.78, 5) is 4.31. The van der Waals surface area contributed by atoms with Crippen LogP contribution in [0.3, 0.4) is 0 Å². The number of hydrogen-bond acceptors (Lipinski definition) is 3. The Morgan fingerprint density at radius 2 is 1.89 bits per heavy atom. The second-order valence-electron chi connectivity index (χ2n) is 4.67. The van der Waals surface area contributed by atoms with Gasteiger partial charge in [-0.1, -0.05) is 32.0 Å². The highest BCUT2D eigenvalue weighted by molar-refractivity contribution is 5.78. The maximum absolute atomic E-state index is 10.3. The lowest BCUT2D eigenvalue weighted by Gasteiger charge is -2.31. The monoisotopic (exact) mass is 245 g/mol. The Balaban J connectivity index is 2.42. The molecule has 0 saturated heterocycles. The van der Waals surface area contributed by atoms with Gasteiger partial charge in [0.25, 0.3) is 0 Å². The Bertz CT molecular complexity index is 535. The number of fused-ring (bicyclic) bond motifs is 1. The summed E-state index contributed by atoms with van der Waals surface area (Å²) in [6.07, 6.45) is 1.77. The number of aromatic nitrogens is 1. The van der Waals surface area contributed by atoms with Gasteiger partial charge in [-0.3, -0.25) is 4.98 Å². The molecule has 3 nitrogen and oxygen atoms in total. The lowest BCUT2D eigenvalue weighted by Crippen LogP contribution is -2.34. The van der Waals surface area contributed by atoms with Crippen molar-refractivity contribution in [3.8, 4) is 0 Å². The molecule has 0 spiro atoms. The molecule has 0 bridgehead atoms. The second-order valence-corrected chi connectivity index (χ2v) is 4.67. The molecule has 0 aliphatic rings. The van der Waals surface area contributed by atoms with E-state index >= 15 is 0 Å². The van der Waals surface area contributed by atoms with Crippen LogP contribution in [0.5, 0.6) is 0 Å². The first kappa shape index (κ1) is 13.0. The van der Waals surface area contributed by atoms with Crippen LogP contribution in [0, 0.1) is 0 Å². The van der Waals surface area contributed by atoms with E-state index in [1.807, 2.05) is 44.2 Å². The maximum Gasteiger partial charge on any atom is 0.109 e. The molecule has 1 aromatic heterocycles. The predicted octanol–water partition coefficient (Wildman–Crippen LogP) is 2.82. The van der Waals surface area contributed by atoms with E-state index in [0.29, 0.717) is 18.4 Å². The minimum Gasteiger partial charge on any atom is -0.387 e. The van der Waals surface area contributed by atoms with Crippen molar-refractivity contribution in [2.24, 2.45) is 0 Å². The first-order chi connectivity index (χ1) is 8.60. The fraction of sp³-hybridized carbons (Fsp3) is 0.400. The van der Waals surface area contributed by atoms with E-state index in [1.54, 1.807) is 6.20 Å². The van der Waals surface area contributed by atoms with Gasteiger partial charge in [0, 0.05) is 17.1 Å². The normalized spacial score (nSPS) is 13.8. The molecule has 0 radical (unpaired) electrons. The van der Waals surface area contributed by atoms with Crippen LogP contribution in [0.2, 0.25) is 0 Å². The van der Waals surface area contributed by atoms with Crippen LogP contribution < -0.4 is 0 Å². The molecule has 1 aromatic carbocycles. The van der Waals surface area contributed by atoms with Crippen LogP contribution in [-0.4, -0.2) is 20.8 Å². The third-order valence-corrected chi connectivity index (χ3v) is 3.66. The summed E-state index contributed by atoms with van der Waals surface area (Å²) in [6.45, 7) is 3.75. The fourth-order valence-corrected chi connectivity index (χ4v) is 2.18. The van der Waals surface area contributed by atoms with Crippen molar-refractivity contribution in [2.75, 3.05) is 0 Å². The van der Waals surface area contributed by atoms with Gasteiger partial charge in [-0.25, -0.2) is 0 Å². The van der Waals surface area contributed by atoms with Crippen LogP contribution in [-0.2, 0) is 0 Å². The minimum absolute atomic E-state index is 0.511. The van der Waals surface area contributed by atoms with Crippen molar-refractivity contribution in [3.05, 3.63) is 42.1 Å². The van der Waals surface area contributed by atoms with E-state index in [4.69, 9.17) is 0 Å². The summed E-state index contributed by atoms with van der Waals surface area (Å²) in [5.74, 6) is 0. The van der Waals surface area contributed by atoms with Crippen molar-refractivity contribution in [3.63, 3.8) is 0 Å². The van der Waals surface area contributed by atoms with E-state index in [9.17, 15) is 10.2 Å². The Labute approximate surface area is 107 Å². The summed E-state index contributed by atoms with van der Waals surface area (Å²) >= 11 is 0. The quantitative estimate of drug-likeness (QED) is 0.871. The molecule has 0 amide bonds. The van der Waals surface area contributed by atoms with Gasteiger partial charge < -0.3 is 10.2 Å². The van der Waals surface area contributed by atoms with E-state index in [-0.39, 0.29) is 0 Å². The molecule has 3 heteroatoms. The van der Waals surface area contributed by atoms with Gasteiger partial charge in [0.15, 0.2) is 0 Å². The number of benzene rings is 1. The third-order valence-electron chi connectivity index (χ3n) is 3.66. The Morgan fingerprint density at radius 3 is 2.56 bits per heavy atom. The van der Waals surface area contributed by atoms with Gasteiger partial charge in [-0.05, 0) is 25.0 Å². The molecular weight excluding hydrogens is 226 g/mol. The number of rotatable bonds is 4. The highest BCUT2D eigenvalue weighted by Gasteiger charge is 2.33. The van der Waals surface area contributed by atoms with Crippen LogP contribution in [0.25, 0.3) is 10.9 Å². The van der Waals surface area contributed by atoms with Gasteiger partial charge in [-0.15, -0.1) is 0 Å². The molecule has 0 fully saturated rings. The van der Waals surface area contributed by atoms with Crippen molar-refractivity contribution >= 4 is 10.9 Å². The van der Waals surface area contributed by atoms with Crippen molar-refractivity contribution in [2.45, 2.75) is 38.4 Å². The standard InChI is InChI=1S/C15H19NO2/c1-3-15(18,4-2)14(17)12-9-11-7-5-6-8-13(11)16-10-12/h5-10,14,17-18H,3-4H2,1-2H3. The lowest BCUT2D eigenvalue weighted by atomic mass is 9.87. The fourth-order valence-electron chi connectivity index (χ4n) is 2.18. The SMILES string of the molecule is CCC(O)(CC)C(O)c1cnc2ccccc2c1. The zero-order chi connectivity index (χ0) is 13.2. The number of hydrogen-bond donors (Lipinski definition) is 2. The molecule has 0 aliphatic heterocycles. The van der Waals surface area contributed by atoms with Crippen LogP contribution >= 0.6 is 0 Å². The second kappa shape index (κ2) is 5.04. The first-order valence-electron chi connectivity index (χ1n) is 6.36. The van der Waals surface area contributed by atoms with Crippen molar-refractivity contribution in [1.82, 2.24) is 4.98 Å². The summed E-state index contributed by atoms with van der Waals surface area (Å²) in [6, 6.07) is 9.64. The smallest absolute Gasteiger partial charge is 0.109 e. The number of aliphatic hydroxyl groups excluding tert-OH is 1. The van der Waals surface area contributed by atoms with E-state index in [0.717, 1.165) is 10.9 Å². The molecule has 2 rings (SSSR count). The molecule has 2 aromatic rings. The molecule has 0 saturated carbocycles. The average Bonchev–Trinajstić information content (AvgIpc) is 2.45. The van der Waals surface area contributed by atoms with Crippen LogP contribution in [0.1, 0.15) is 38.4 Å². The highest BCUT2D eigenvalue weighted by atomic mass is 16.3. The van der Waals surface area contributed by atoms with Gasteiger partial charge in [0.2, 0.25) is 0 Å². The van der Waals surface area contributed by atoms with Gasteiger partial charge >= 0.3 is 0 Å². The third kappa shape index (κ3) is 2.24. The number of para-hydroxylation sites is 1. The Kier molecular flexibility index (Phi) is 3.64. The molecular formula is C15H19NO2.